The second-order valence-corrected chi connectivity index (χ2v) is 6.61. The van der Waals surface area contributed by atoms with Gasteiger partial charge >= 0.3 is 0 Å². The molecular weight excluding hydrogens is 394 g/mol. The average Bonchev–Trinajstić information content (AvgIpc) is 2.50. The molecular formula is C17H17Br2NO. The van der Waals surface area contributed by atoms with Crippen LogP contribution in [0.5, 0.6) is 0 Å². The summed E-state index contributed by atoms with van der Waals surface area (Å²) in [6.07, 6.45) is 0. The van der Waals surface area contributed by atoms with Crippen LogP contribution in [0.25, 0.3) is 0 Å². The van der Waals surface area contributed by atoms with Crippen molar-refractivity contribution in [1.29, 1.82) is 0 Å². The van der Waals surface area contributed by atoms with Crippen molar-refractivity contribution in [2.75, 3.05) is 5.33 Å². The summed E-state index contributed by atoms with van der Waals surface area (Å²) in [6.45, 7) is 3.95. The lowest BCUT2D eigenvalue weighted by atomic mass is 9.93. The lowest BCUT2D eigenvalue weighted by Crippen LogP contribution is -2.45. The van der Waals surface area contributed by atoms with Gasteiger partial charge in [0.25, 0.3) is 5.91 Å². The third kappa shape index (κ3) is 3.55. The molecule has 0 radical (unpaired) electrons. The van der Waals surface area contributed by atoms with Gasteiger partial charge in [-0.15, -0.1) is 0 Å². The van der Waals surface area contributed by atoms with Crippen molar-refractivity contribution in [3.8, 4) is 0 Å². The van der Waals surface area contributed by atoms with Gasteiger partial charge in [-0.2, -0.15) is 0 Å². The summed E-state index contributed by atoms with van der Waals surface area (Å²) in [6, 6.07) is 15.6. The monoisotopic (exact) mass is 409 g/mol. The number of amides is 1. The summed E-state index contributed by atoms with van der Waals surface area (Å²) in [7, 11) is 0. The fourth-order valence-electron chi connectivity index (χ4n) is 2.16. The van der Waals surface area contributed by atoms with Crippen LogP contribution in [0.3, 0.4) is 0 Å². The molecule has 2 aromatic carbocycles. The Kier molecular flexibility index (Phi) is 5.22. The Balaban J connectivity index is 2.30. The molecule has 110 valence electrons. The quantitative estimate of drug-likeness (QED) is 0.720. The van der Waals surface area contributed by atoms with E-state index in [9.17, 15) is 4.79 Å². The van der Waals surface area contributed by atoms with Crippen LogP contribution in [0.15, 0.2) is 53.0 Å². The fraction of sp³-hybridized carbons (Fsp3) is 0.235. The normalized spacial score (nSPS) is 13.5. The van der Waals surface area contributed by atoms with Crippen molar-refractivity contribution in [2.24, 2.45) is 0 Å². The van der Waals surface area contributed by atoms with Gasteiger partial charge in [0.15, 0.2) is 0 Å². The molecule has 4 heteroatoms. The first kappa shape index (κ1) is 16.2. The molecule has 1 N–H and O–H groups in total. The first-order chi connectivity index (χ1) is 9.98. The Bertz CT molecular complexity index is 642. The smallest absolute Gasteiger partial charge is 0.252 e. The Morgan fingerprint density at radius 3 is 2.43 bits per heavy atom. The number of hydrogen-bond acceptors (Lipinski definition) is 1. The average molecular weight is 411 g/mol. The zero-order valence-corrected chi connectivity index (χ0v) is 15.2. The molecule has 0 spiro atoms. The highest BCUT2D eigenvalue weighted by Crippen LogP contribution is 2.25. The Hall–Kier alpha value is -1.13. The lowest BCUT2D eigenvalue weighted by Gasteiger charge is -2.30. The van der Waals surface area contributed by atoms with E-state index in [2.05, 4.69) is 37.2 Å². The highest BCUT2D eigenvalue weighted by atomic mass is 79.9. The van der Waals surface area contributed by atoms with E-state index in [1.54, 1.807) is 0 Å². The van der Waals surface area contributed by atoms with Gasteiger partial charge in [0.05, 0.1) is 5.54 Å². The second-order valence-electron chi connectivity index (χ2n) is 5.20. The van der Waals surface area contributed by atoms with Crippen molar-refractivity contribution in [3.63, 3.8) is 0 Å². The van der Waals surface area contributed by atoms with Crippen molar-refractivity contribution >= 4 is 37.8 Å². The molecule has 0 bridgehead atoms. The molecule has 2 nitrogen and oxygen atoms in total. The molecule has 0 fully saturated rings. The molecule has 0 aliphatic heterocycles. The first-order valence-corrected chi connectivity index (χ1v) is 8.58. The highest BCUT2D eigenvalue weighted by molar-refractivity contribution is 9.10. The summed E-state index contributed by atoms with van der Waals surface area (Å²) in [4.78, 5) is 12.6. The van der Waals surface area contributed by atoms with Gasteiger partial charge in [-0.05, 0) is 37.1 Å². The van der Waals surface area contributed by atoms with Crippen LogP contribution in [-0.4, -0.2) is 11.2 Å². The third-order valence-corrected chi connectivity index (χ3v) is 5.56. The zero-order chi connectivity index (χ0) is 15.5. The Morgan fingerprint density at radius 1 is 1.14 bits per heavy atom. The fourth-order valence-corrected chi connectivity index (χ4v) is 2.99. The summed E-state index contributed by atoms with van der Waals surface area (Å²) >= 11 is 6.99. The van der Waals surface area contributed by atoms with E-state index >= 15 is 0 Å². The topological polar surface area (TPSA) is 29.1 Å². The number of hydrogen-bond donors (Lipinski definition) is 1. The largest absolute Gasteiger partial charge is 0.342 e. The minimum Gasteiger partial charge on any atom is -0.342 e. The summed E-state index contributed by atoms with van der Waals surface area (Å²) in [5, 5.41) is 3.78. The number of benzene rings is 2. The van der Waals surface area contributed by atoms with E-state index in [-0.39, 0.29) is 5.91 Å². The minimum absolute atomic E-state index is 0.0698. The van der Waals surface area contributed by atoms with Crippen molar-refractivity contribution < 1.29 is 4.79 Å². The molecule has 0 heterocycles. The van der Waals surface area contributed by atoms with Crippen LogP contribution in [0.2, 0.25) is 0 Å². The van der Waals surface area contributed by atoms with Gasteiger partial charge in [-0.25, -0.2) is 0 Å². The van der Waals surface area contributed by atoms with Crippen LogP contribution in [-0.2, 0) is 5.54 Å². The van der Waals surface area contributed by atoms with Gasteiger partial charge in [-0.3, -0.25) is 4.79 Å². The zero-order valence-electron chi connectivity index (χ0n) is 12.0. The van der Waals surface area contributed by atoms with Crippen LogP contribution < -0.4 is 5.32 Å². The highest BCUT2D eigenvalue weighted by Gasteiger charge is 2.28. The predicted molar refractivity (Wildman–Crippen MR) is 93.9 cm³/mol. The first-order valence-electron chi connectivity index (χ1n) is 6.67. The van der Waals surface area contributed by atoms with Gasteiger partial charge in [0, 0.05) is 15.4 Å². The Labute approximate surface area is 142 Å². The van der Waals surface area contributed by atoms with Crippen LogP contribution >= 0.6 is 31.9 Å². The van der Waals surface area contributed by atoms with Crippen LogP contribution in [0, 0.1) is 6.92 Å². The van der Waals surface area contributed by atoms with E-state index < -0.39 is 5.54 Å². The molecule has 0 aliphatic rings. The number of nitrogens with one attached hydrogen (secondary N) is 1. The summed E-state index contributed by atoms with van der Waals surface area (Å²) in [5.74, 6) is -0.0698. The maximum atomic E-state index is 12.6. The number of halogens is 2. The molecule has 0 saturated carbocycles. The van der Waals surface area contributed by atoms with E-state index in [1.165, 1.54) is 0 Å². The number of carbonyl (C=O) groups is 1. The van der Waals surface area contributed by atoms with Crippen LogP contribution in [0.4, 0.5) is 0 Å². The molecule has 1 amide bonds. The lowest BCUT2D eigenvalue weighted by molar-refractivity contribution is 0.0913. The minimum atomic E-state index is -0.451. The molecule has 1 atom stereocenters. The summed E-state index contributed by atoms with van der Waals surface area (Å²) < 4.78 is 0.940. The second kappa shape index (κ2) is 6.75. The molecule has 1 unspecified atom stereocenters. The SMILES string of the molecule is Cc1c(Br)cccc1C(=O)NC(C)(CBr)c1ccccc1. The molecule has 0 aromatic heterocycles. The van der Waals surface area contributed by atoms with E-state index in [1.807, 2.05) is 62.4 Å². The van der Waals surface area contributed by atoms with E-state index in [0.29, 0.717) is 10.9 Å². The molecule has 0 aliphatic carbocycles. The van der Waals surface area contributed by atoms with E-state index in [4.69, 9.17) is 0 Å². The standard InChI is InChI=1S/C17H17Br2NO/c1-12-14(9-6-10-15(12)19)16(21)20-17(2,11-18)13-7-4-3-5-8-13/h3-10H,11H2,1-2H3,(H,20,21). The number of rotatable bonds is 4. The number of alkyl halides is 1. The van der Waals surface area contributed by atoms with Crippen LogP contribution in [0.1, 0.15) is 28.4 Å². The third-order valence-electron chi connectivity index (χ3n) is 3.58. The molecule has 2 rings (SSSR count). The van der Waals surface area contributed by atoms with Gasteiger partial charge < -0.3 is 5.32 Å². The van der Waals surface area contributed by atoms with Crippen molar-refractivity contribution in [1.82, 2.24) is 5.32 Å². The molecule has 0 saturated heterocycles. The maximum Gasteiger partial charge on any atom is 0.252 e. The summed E-state index contributed by atoms with van der Waals surface area (Å²) in [5.41, 5.74) is 2.25. The van der Waals surface area contributed by atoms with Gasteiger partial charge in [0.1, 0.15) is 0 Å². The van der Waals surface area contributed by atoms with Crippen molar-refractivity contribution in [3.05, 3.63) is 69.7 Å². The Morgan fingerprint density at radius 2 is 1.81 bits per heavy atom. The van der Waals surface area contributed by atoms with Gasteiger partial charge in [-0.1, -0.05) is 68.3 Å². The van der Waals surface area contributed by atoms with Gasteiger partial charge in [0.2, 0.25) is 0 Å². The maximum absolute atomic E-state index is 12.6. The molecule has 21 heavy (non-hydrogen) atoms. The predicted octanol–water partition coefficient (Wildman–Crippen LogP) is 4.80. The number of carbonyl (C=O) groups excluding carboxylic acids is 1. The molecule has 2 aromatic rings. The van der Waals surface area contributed by atoms with Crippen molar-refractivity contribution in [2.45, 2.75) is 19.4 Å². The van der Waals surface area contributed by atoms with E-state index in [0.717, 1.165) is 15.6 Å².